The molecule has 1 aliphatic rings. The van der Waals surface area contributed by atoms with E-state index >= 15 is 0 Å². The molecule has 0 bridgehead atoms. The largest absolute Gasteiger partial charge is 0.490 e. The molecule has 1 heterocycles. The molecule has 4 nitrogen and oxygen atoms in total. The molecule has 1 aliphatic carbocycles. The summed E-state index contributed by atoms with van der Waals surface area (Å²) in [6, 6.07) is 0.231. The Morgan fingerprint density at radius 1 is 1.35 bits per heavy atom. The highest BCUT2D eigenvalue weighted by molar-refractivity contribution is 7.71. The Morgan fingerprint density at radius 2 is 2.00 bits per heavy atom. The van der Waals surface area contributed by atoms with E-state index in [9.17, 15) is 4.79 Å². The molecule has 5 heteroatoms. The summed E-state index contributed by atoms with van der Waals surface area (Å²) < 4.78 is 7.36. The Morgan fingerprint density at radius 3 is 2.59 bits per heavy atom. The lowest BCUT2D eigenvalue weighted by atomic mass is 9.95. The highest BCUT2D eigenvalue weighted by Crippen LogP contribution is 2.27. The van der Waals surface area contributed by atoms with Gasteiger partial charge in [-0.05, 0) is 32.0 Å². The molecule has 0 atom stereocenters. The van der Waals surface area contributed by atoms with E-state index in [1.54, 1.807) is 11.5 Å². The van der Waals surface area contributed by atoms with Crippen LogP contribution in [0.2, 0.25) is 0 Å². The maximum atomic E-state index is 12.3. The number of aryl methyl sites for hydroxylation is 1. The van der Waals surface area contributed by atoms with Gasteiger partial charge in [0.2, 0.25) is 5.75 Å². The first-order valence-electron chi connectivity index (χ1n) is 6.04. The summed E-state index contributed by atoms with van der Waals surface area (Å²) in [5.74, 6) is 0.379. The first-order chi connectivity index (χ1) is 8.15. The SMILES string of the molecule is COc1c(C)[nH]c(=S)n(C2CCCCC2)c1=O. The van der Waals surface area contributed by atoms with E-state index in [4.69, 9.17) is 17.0 Å². The highest BCUT2D eigenvalue weighted by Gasteiger charge is 2.20. The van der Waals surface area contributed by atoms with Gasteiger partial charge in [0, 0.05) is 6.04 Å². The molecule has 1 N–H and O–H groups in total. The van der Waals surface area contributed by atoms with E-state index in [0.29, 0.717) is 16.2 Å². The third-order valence-electron chi connectivity index (χ3n) is 3.41. The molecule has 1 saturated carbocycles. The van der Waals surface area contributed by atoms with Gasteiger partial charge in [-0.15, -0.1) is 0 Å². The lowest BCUT2D eigenvalue weighted by Gasteiger charge is -2.24. The van der Waals surface area contributed by atoms with Gasteiger partial charge in [-0.2, -0.15) is 0 Å². The van der Waals surface area contributed by atoms with Crippen molar-refractivity contribution in [3.63, 3.8) is 0 Å². The minimum absolute atomic E-state index is 0.0966. The minimum atomic E-state index is -0.0966. The molecule has 94 valence electrons. The number of ether oxygens (including phenoxy) is 1. The van der Waals surface area contributed by atoms with Crippen molar-refractivity contribution < 1.29 is 4.74 Å². The maximum absolute atomic E-state index is 12.3. The third kappa shape index (κ3) is 2.29. The summed E-state index contributed by atoms with van der Waals surface area (Å²) >= 11 is 5.27. The van der Waals surface area contributed by atoms with Gasteiger partial charge in [-0.3, -0.25) is 9.36 Å². The second-order valence-corrected chi connectivity index (χ2v) is 4.94. The Hall–Kier alpha value is -1.10. The molecule has 0 unspecified atom stereocenters. The summed E-state index contributed by atoms with van der Waals surface area (Å²) in [7, 11) is 1.52. The first kappa shape index (κ1) is 12.4. The number of hydrogen-bond donors (Lipinski definition) is 1. The van der Waals surface area contributed by atoms with Crippen molar-refractivity contribution in [2.45, 2.75) is 45.1 Å². The lowest BCUT2D eigenvalue weighted by molar-refractivity contribution is 0.326. The second-order valence-electron chi connectivity index (χ2n) is 4.56. The zero-order valence-corrected chi connectivity index (χ0v) is 11.1. The lowest BCUT2D eigenvalue weighted by Crippen LogP contribution is -2.29. The summed E-state index contributed by atoms with van der Waals surface area (Å²) in [5.41, 5.74) is 0.607. The fraction of sp³-hybridized carbons (Fsp3) is 0.667. The van der Waals surface area contributed by atoms with Crippen molar-refractivity contribution >= 4 is 12.2 Å². The van der Waals surface area contributed by atoms with E-state index < -0.39 is 0 Å². The quantitative estimate of drug-likeness (QED) is 0.825. The molecule has 2 rings (SSSR count). The fourth-order valence-electron chi connectivity index (χ4n) is 2.55. The standard InChI is InChI=1S/C12H18N2O2S/c1-8-10(16-2)11(15)14(12(17)13-8)9-6-4-3-5-7-9/h9H,3-7H2,1-2H3,(H,13,17). The van der Waals surface area contributed by atoms with Gasteiger partial charge < -0.3 is 9.72 Å². The van der Waals surface area contributed by atoms with Crippen LogP contribution in [0.1, 0.15) is 43.8 Å². The van der Waals surface area contributed by atoms with Gasteiger partial charge in [0.05, 0.1) is 12.8 Å². The van der Waals surface area contributed by atoms with Crippen LogP contribution in [-0.2, 0) is 0 Å². The predicted octanol–water partition coefficient (Wildman–Crippen LogP) is 2.73. The molecule has 1 aromatic rings. The van der Waals surface area contributed by atoms with Crippen LogP contribution < -0.4 is 10.3 Å². The predicted molar refractivity (Wildman–Crippen MR) is 69.3 cm³/mol. The maximum Gasteiger partial charge on any atom is 0.297 e. The molecule has 0 radical (unpaired) electrons. The summed E-state index contributed by atoms with van der Waals surface area (Å²) in [4.78, 5) is 15.3. The van der Waals surface area contributed by atoms with Crippen molar-refractivity contribution in [2.75, 3.05) is 7.11 Å². The van der Waals surface area contributed by atoms with E-state index in [2.05, 4.69) is 4.98 Å². The fourth-order valence-corrected chi connectivity index (χ4v) is 2.94. The average molecular weight is 254 g/mol. The van der Waals surface area contributed by atoms with E-state index in [1.807, 2.05) is 0 Å². The van der Waals surface area contributed by atoms with Crippen LogP contribution in [0, 0.1) is 11.7 Å². The van der Waals surface area contributed by atoms with Crippen molar-refractivity contribution in [3.05, 3.63) is 20.8 Å². The molecule has 1 aromatic heterocycles. The van der Waals surface area contributed by atoms with E-state index in [0.717, 1.165) is 12.8 Å². The zero-order chi connectivity index (χ0) is 12.4. The van der Waals surface area contributed by atoms with Gasteiger partial charge >= 0.3 is 0 Å². The molecule has 0 amide bonds. The molecular formula is C12H18N2O2S. The van der Waals surface area contributed by atoms with Crippen LogP contribution in [0.25, 0.3) is 0 Å². The molecule has 0 saturated heterocycles. The average Bonchev–Trinajstić information content (AvgIpc) is 2.30. The second kappa shape index (κ2) is 5.04. The summed E-state index contributed by atoms with van der Waals surface area (Å²) in [6.45, 7) is 1.81. The van der Waals surface area contributed by atoms with Gasteiger partial charge in [0.15, 0.2) is 4.77 Å². The minimum Gasteiger partial charge on any atom is -0.490 e. The molecular weight excluding hydrogens is 236 g/mol. The summed E-state index contributed by atoms with van der Waals surface area (Å²) in [6.07, 6.45) is 5.65. The number of rotatable bonds is 2. The number of H-pyrrole nitrogens is 1. The first-order valence-corrected chi connectivity index (χ1v) is 6.45. The number of methoxy groups -OCH3 is 1. The van der Waals surface area contributed by atoms with Crippen LogP contribution in [-0.4, -0.2) is 16.7 Å². The van der Waals surface area contributed by atoms with Gasteiger partial charge in [-0.25, -0.2) is 0 Å². The smallest absolute Gasteiger partial charge is 0.297 e. The number of nitrogens with zero attached hydrogens (tertiary/aromatic N) is 1. The van der Waals surface area contributed by atoms with Gasteiger partial charge in [0.25, 0.3) is 5.56 Å². The zero-order valence-electron chi connectivity index (χ0n) is 10.3. The van der Waals surface area contributed by atoms with Gasteiger partial charge in [-0.1, -0.05) is 19.3 Å². The molecule has 0 aliphatic heterocycles. The Balaban J connectivity index is 2.53. The summed E-state index contributed by atoms with van der Waals surface area (Å²) in [5, 5.41) is 0. The van der Waals surface area contributed by atoms with Crippen LogP contribution in [0.15, 0.2) is 4.79 Å². The topological polar surface area (TPSA) is 47.0 Å². The number of hydrogen-bond acceptors (Lipinski definition) is 3. The van der Waals surface area contributed by atoms with Crippen LogP contribution in [0.3, 0.4) is 0 Å². The normalized spacial score (nSPS) is 17.1. The van der Waals surface area contributed by atoms with Crippen molar-refractivity contribution in [3.8, 4) is 5.75 Å². The van der Waals surface area contributed by atoms with Gasteiger partial charge in [0.1, 0.15) is 0 Å². The number of aromatic nitrogens is 2. The van der Waals surface area contributed by atoms with Crippen LogP contribution in [0.4, 0.5) is 0 Å². The Bertz CT molecular complexity index is 512. The van der Waals surface area contributed by atoms with Crippen molar-refractivity contribution in [1.29, 1.82) is 0 Å². The molecule has 17 heavy (non-hydrogen) atoms. The van der Waals surface area contributed by atoms with E-state index in [1.165, 1.54) is 26.4 Å². The van der Waals surface area contributed by atoms with Crippen LogP contribution in [0.5, 0.6) is 5.75 Å². The number of nitrogens with one attached hydrogen (secondary N) is 1. The number of aromatic amines is 1. The Kier molecular flexibility index (Phi) is 3.66. The molecule has 0 spiro atoms. The molecule has 1 fully saturated rings. The highest BCUT2D eigenvalue weighted by atomic mass is 32.1. The monoisotopic (exact) mass is 254 g/mol. The molecule has 0 aromatic carbocycles. The third-order valence-corrected chi connectivity index (χ3v) is 3.71. The van der Waals surface area contributed by atoms with E-state index in [-0.39, 0.29) is 11.6 Å². The van der Waals surface area contributed by atoms with Crippen LogP contribution >= 0.6 is 12.2 Å². The van der Waals surface area contributed by atoms with Crippen molar-refractivity contribution in [2.24, 2.45) is 0 Å². The van der Waals surface area contributed by atoms with Crippen molar-refractivity contribution in [1.82, 2.24) is 9.55 Å². The Labute approximate surface area is 106 Å².